The monoisotopic (exact) mass is 194 g/mol. The van der Waals surface area contributed by atoms with Gasteiger partial charge in [-0.2, -0.15) is 5.10 Å². The van der Waals surface area contributed by atoms with Crippen LogP contribution < -0.4 is 5.73 Å². The first-order valence-electron chi connectivity index (χ1n) is 5.15. The summed E-state index contributed by atoms with van der Waals surface area (Å²) in [6, 6.07) is 0.363. The molecule has 0 bridgehead atoms. The van der Waals surface area contributed by atoms with Gasteiger partial charge in [0, 0.05) is 36.9 Å². The van der Waals surface area contributed by atoms with Crippen molar-refractivity contribution in [3.8, 4) is 0 Å². The van der Waals surface area contributed by atoms with E-state index in [0.29, 0.717) is 6.04 Å². The van der Waals surface area contributed by atoms with Gasteiger partial charge in [0.1, 0.15) is 0 Å². The van der Waals surface area contributed by atoms with E-state index in [2.05, 4.69) is 28.9 Å². The van der Waals surface area contributed by atoms with Crippen LogP contribution in [0.4, 0.5) is 0 Å². The molecule has 1 aromatic heterocycles. The second kappa shape index (κ2) is 3.71. The number of hydrogen-bond donors (Lipinski definition) is 2. The molecule has 0 aliphatic carbocycles. The number of nitrogens with zero attached hydrogens (tertiary/aromatic N) is 2. The number of aromatic nitrogens is 2. The third kappa shape index (κ3) is 1.81. The van der Waals surface area contributed by atoms with E-state index < -0.39 is 0 Å². The predicted molar refractivity (Wildman–Crippen MR) is 55.9 cm³/mol. The third-order valence-corrected chi connectivity index (χ3v) is 2.97. The molecule has 14 heavy (non-hydrogen) atoms. The van der Waals surface area contributed by atoms with E-state index in [0.717, 1.165) is 31.7 Å². The number of rotatable bonds is 2. The van der Waals surface area contributed by atoms with Crippen molar-refractivity contribution in [2.24, 2.45) is 5.73 Å². The fourth-order valence-corrected chi connectivity index (χ4v) is 2.04. The lowest BCUT2D eigenvalue weighted by molar-refractivity contribution is 0.325. The van der Waals surface area contributed by atoms with E-state index in [4.69, 9.17) is 5.73 Å². The van der Waals surface area contributed by atoms with Crippen molar-refractivity contribution < 1.29 is 0 Å². The second-order valence-electron chi connectivity index (χ2n) is 4.20. The van der Waals surface area contributed by atoms with E-state index in [-0.39, 0.29) is 0 Å². The van der Waals surface area contributed by atoms with E-state index >= 15 is 0 Å². The Bertz CT molecular complexity index is 298. The highest BCUT2D eigenvalue weighted by atomic mass is 15.2. The molecule has 78 valence electrons. The number of likely N-dealkylation sites (tertiary alicyclic amines) is 1. The maximum atomic E-state index is 5.87. The van der Waals surface area contributed by atoms with Gasteiger partial charge in [-0.05, 0) is 20.3 Å². The average Bonchev–Trinajstić information content (AvgIpc) is 2.67. The van der Waals surface area contributed by atoms with E-state index in [1.165, 1.54) is 11.3 Å². The molecule has 1 atom stereocenters. The van der Waals surface area contributed by atoms with Crippen LogP contribution in [0.1, 0.15) is 23.4 Å². The van der Waals surface area contributed by atoms with Crippen molar-refractivity contribution in [1.29, 1.82) is 0 Å². The number of nitrogens with one attached hydrogen (secondary N) is 1. The van der Waals surface area contributed by atoms with Crippen LogP contribution in [0.25, 0.3) is 0 Å². The van der Waals surface area contributed by atoms with Crippen molar-refractivity contribution in [2.45, 2.75) is 32.9 Å². The molecule has 1 saturated heterocycles. The number of aryl methyl sites for hydroxylation is 2. The lowest BCUT2D eigenvalue weighted by atomic mass is 10.2. The molecule has 0 radical (unpaired) electrons. The van der Waals surface area contributed by atoms with Gasteiger partial charge in [-0.25, -0.2) is 0 Å². The molecule has 4 heteroatoms. The Kier molecular flexibility index (Phi) is 2.56. The molecule has 1 unspecified atom stereocenters. The van der Waals surface area contributed by atoms with Gasteiger partial charge < -0.3 is 5.73 Å². The molecule has 2 heterocycles. The summed E-state index contributed by atoms with van der Waals surface area (Å²) in [5.74, 6) is 0. The lowest BCUT2D eigenvalue weighted by Gasteiger charge is -2.14. The molecule has 0 saturated carbocycles. The first kappa shape index (κ1) is 9.68. The van der Waals surface area contributed by atoms with Crippen molar-refractivity contribution in [3.63, 3.8) is 0 Å². The lowest BCUT2D eigenvalue weighted by Crippen LogP contribution is -2.26. The minimum Gasteiger partial charge on any atom is -0.326 e. The average molecular weight is 194 g/mol. The zero-order valence-electron chi connectivity index (χ0n) is 8.88. The summed E-state index contributed by atoms with van der Waals surface area (Å²) < 4.78 is 0. The molecule has 1 fully saturated rings. The molecule has 0 amide bonds. The Morgan fingerprint density at radius 1 is 1.57 bits per heavy atom. The second-order valence-corrected chi connectivity index (χ2v) is 4.20. The van der Waals surface area contributed by atoms with Crippen molar-refractivity contribution in [1.82, 2.24) is 15.1 Å². The topological polar surface area (TPSA) is 57.9 Å². The third-order valence-electron chi connectivity index (χ3n) is 2.97. The van der Waals surface area contributed by atoms with Crippen LogP contribution in [0.2, 0.25) is 0 Å². The van der Waals surface area contributed by atoms with Gasteiger partial charge in [0.25, 0.3) is 0 Å². The van der Waals surface area contributed by atoms with Gasteiger partial charge in [0.05, 0.1) is 5.69 Å². The van der Waals surface area contributed by atoms with Crippen LogP contribution in [-0.4, -0.2) is 34.2 Å². The zero-order valence-corrected chi connectivity index (χ0v) is 8.88. The van der Waals surface area contributed by atoms with E-state index in [1.54, 1.807) is 0 Å². The number of hydrogen-bond acceptors (Lipinski definition) is 3. The van der Waals surface area contributed by atoms with Crippen LogP contribution in [0.5, 0.6) is 0 Å². The molecule has 1 aliphatic heterocycles. The van der Waals surface area contributed by atoms with Gasteiger partial charge in [0.15, 0.2) is 0 Å². The van der Waals surface area contributed by atoms with Gasteiger partial charge in [0.2, 0.25) is 0 Å². The number of nitrogens with two attached hydrogens (primary N) is 1. The van der Waals surface area contributed by atoms with Gasteiger partial charge in [-0.1, -0.05) is 0 Å². The van der Waals surface area contributed by atoms with Crippen LogP contribution in [0.3, 0.4) is 0 Å². The van der Waals surface area contributed by atoms with Gasteiger partial charge in [-0.15, -0.1) is 0 Å². The first-order valence-corrected chi connectivity index (χ1v) is 5.15. The number of H-pyrrole nitrogens is 1. The van der Waals surface area contributed by atoms with Crippen LogP contribution in [0, 0.1) is 13.8 Å². The summed E-state index contributed by atoms with van der Waals surface area (Å²) in [6.45, 7) is 7.25. The molecule has 1 aliphatic rings. The Labute approximate surface area is 84.5 Å². The highest BCUT2D eigenvalue weighted by Crippen LogP contribution is 2.16. The molecule has 4 nitrogen and oxygen atoms in total. The fraction of sp³-hybridized carbons (Fsp3) is 0.700. The maximum absolute atomic E-state index is 5.87. The quantitative estimate of drug-likeness (QED) is 0.723. The minimum atomic E-state index is 0.363. The zero-order chi connectivity index (χ0) is 10.1. The Balaban J connectivity index is 2.04. The normalized spacial score (nSPS) is 23.2. The van der Waals surface area contributed by atoms with Crippen LogP contribution >= 0.6 is 0 Å². The Hall–Kier alpha value is -0.870. The summed E-state index contributed by atoms with van der Waals surface area (Å²) in [7, 11) is 0. The Morgan fingerprint density at radius 3 is 2.86 bits per heavy atom. The van der Waals surface area contributed by atoms with Gasteiger partial charge in [-0.3, -0.25) is 10.00 Å². The summed E-state index contributed by atoms with van der Waals surface area (Å²) >= 11 is 0. The maximum Gasteiger partial charge on any atom is 0.0639 e. The van der Waals surface area contributed by atoms with E-state index in [1.807, 2.05) is 0 Å². The molecule has 3 N–H and O–H groups in total. The van der Waals surface area contributed by atoms with Gasteiger partial charge >= 0.3 is 0 Å². The summed E-state index contributed by atoms with van der Waals surface area (Å²) in [6.07, 6.45) is 1.12. The highest BCUT2D eigenvalue weighted by Gasteiger charge is 2.20. The standard InChI is InChI=1S/C10H18N4/c1-7-10(8(2)13-12-7)6-14-4-3-9(11)5-14/h9H,3-6,11H2,1-2H3,(H,12,13). The largest absolute Gasteiger partial charge is 0.326 e. The SMILES string of the molecule is Cc1n[nH]c(C)c1CN1CCC(N)C1. The van der Waals surface area contributed by atoms with E-state index in [9.17, 15) is 0 Å². The highest BCUT2D eigenvalue weighted by molar-refractivity contribution is 5.23. The first-order chi connectivity index (χ1) is 6.66. The van der Waals surface area contributed by atoms with Crippen molar-refractivity contribution in [3.05, 3.63) is 17.0 Å². The molecular formula is C10H18N4. The molecule has 2 rings (SSSR count). The van der Waals surface area contributed by atoms with Crippen LogP contribution in [-0.2, 0) is 6.54 Å². The van der Waals surface area contributed by atoms with Crippen molar-refractivity contribution in [2.75, 3.05) is 13.1 Å². The molecule has 0 aromatic carbocycles. The minimum absolute atomic E-state index is 0.363. The number of aromatic amines is 1. The van der Waals surface area contributed by atoms with Crippen LogP contribution in [0.15, 0.2) is 0 Å². The fourth-order valence-electron chi connectivity index (χ4n) is 2.04. The predicted octanol–water partition coefficient (Wildman–Crippen LogP) is 0.560. The molecular weight excluding hydrogens is 176 g/mol. The Morgan fingerprint density at radius 2 is 2.36 bits per heavy atom. The van der Waals surface area contributed by atoms with Crippen molar-refractivity contribution >= 4 is 0 Å². The molecule has 1 aromatic rings. The molecule has 0 spiro atoms. The summed E-state index contributed by atoms with van der Waals surface area (Å²) in [5.41, 5.74) is 9.49. The smallest absolute Gasteiger partial charge is 0.0639 e. The summed E-state index contributed by atoms with van der Waals surface area (Å²) in [4.78, 5) is 2.40. The summed E-state index contributed by atoms with van der Waals surface area (Å²) in [5, 5.41) is 7.21.